The highest BCUT2D eigenvalue weighted by Crippen LogP contribution is 2.17. The number of hydrogen-bond acceptors (Lipinski definition) is 5. The van der Waals surface area contributed by atoms with Gasteiger partial charge in [-0.25, -0.2) is 15.0 Å². The van der Waals surface area contributed by atoms with Gasteiger partial charge in [-0.2, -0.15) is 0 Å². The number of likely N-dealkylation sites (N-methyl/N-ethyl adjacent to an activating group) is 1. The van der Waals surface area contributed by atoms with Crippen LogP contribution in [-0.4, -0.2) is 55.3 Å². The predicted molar refractivity (Wildman–Crippen MR) is 74.1 cm³/mol. The minimum atomic E-state index is -0.467. The zero-order valence-corrected chi connectivity index (χ0v) is 11.9. The average Bonchev–Trinajstić information content (AvgIpc) is 2.81. The van der Waals surface area contributed by atoms with Crippen molar-refractivity contribution in [3.05, 3.63) is 17.8 Å². The Morgan fingerprint density at radius 1 is 1.32 bits per heavy atom. The first-order valence-corrected chi connectivity index (χ1v) is 6.75. The molecule has 0 radical (unpaired) electrons. The summed E-state index contributed by atoms with van der Waals surface area (Å²) >= 11 is 5.94. The van der Waals surface area contributed by atoms with Gasteiger partial charge in [0.1, 0.15) is 11.8 Å². The summed E-state index contributed by atoms with van der Waals surface area (Å²) in [4.78, 5) is 14.4. The molecule has 1 atom stereocenters. The second-order valence-electron chi connectivity index (χ2n) is 4.37. The molecule has 0 aliphatic rings. The van der Waals surface area contributed by atoms with E-state index >= 15 is 0 Å². The predicted octanol–water partition coefficient (Wildman–Crippen LogP) is 1.18. The van der Waals surface area contributed by atoms with Crippen molar-refractivity contribution in [2.75, 3.05) is 19.6 Å². The number of rotatable bonds is 6. The Morgan fingerprint density at radius 2 is 2.05 bits per heavy atom. The molecule has 0 amide bonds. The standard InChI is InChI=1S/C12H18ClN5O/c1-3-17(4-2)5-9(19)6-18-8-16-10-11(13)14-7-15-12(10)18/h7-9,19H,3-6H2,1-2H3. The lowest BCUT2D eigenvalue weighted by Crippen LogP contribution is -2.34. The fraction of sp³-hybridized carbons (Fsp3) is 0.583. The summed E-state index contributed by atoms with van der Waals surface area (Å²) in [6, 6.07) is 0. The number of aromatic nitrogens is 4. The van der Waals surface area contributed by atoms with Gasteiger partial charge in [0, 0.05) is 6.54 Å². The van der Waals surface area contributed by atoms with Crippen molar-refractivity contribution in [1.82, 2.24) is 24.4 Å². The summed E-state index contributed by atoms with van der Waals surface area (Å²) in [5, 5.41) is 10.5. The summed E-state index contributed by atoms with van der Waals surface area (Å²) < 4.78 is 1.80. The first-order chi connectivity index (χ1) is 9.15. The number of halogens is 1. The van der Waals surface area contributed by atoms with E-state index in [1.165, 1.54) is 6.33 Å². The number of aliphatic hydroxyl groups is 1. The molecule has 2 aromatic rings. The van der Waals surface area contributed by atoms with Crippen LogP contribution in [0.25, 0.3) is 11.2 Å². The molecule has 104 valence electrons. The Balaban J connectivity index is 2.11. The fourth-order valence-electron chi connectivity index (χ4n) is 2.05. The fourth-order valence-corrected chi connectivity index (χ4v) is 2.23. The summed E-state index contributed by atoms with van der Waals surface area (Å²) in [6.45, 7) is 7.08. The average molecular weight is 284 g/mol. The van der Waals surface area contributed by atoms with E-state index in [2.05, 4.69) is 33.7 Å². The van der Waals surface area contributed by atoms with E-state index in [1.54, 1.807) is 10.9 Å². The van der Waals surface area contributed by atoms with Gasteiger partial charge in [-0.05, 0) is 13.1 Å². The molecule has 0 saturated heterocycles. The van der Waals surface area contributed by atoms with Crippen molar-refractivity contribution in [1.29, 1.82) is 0 Å². The molecule has 2 aromatic heterocycles. The second kappa shape index (κ2) is 6.27. The highest BCUT2D eigenvalue weighted by Gasteiger charge is 2.13. The zero-order chi connectivity index (χ0) is 13.8. The lowest BCUT2D eigenvalue weighted by Gasteiger charge is -2.22. The number of aliphatic hydroxyl groups excluding tert-OH is 1. The van der Waals surface area contributed by atoms with Crippen LogP contribution in [0.5, 0.6) is 0 Å². The molecule has 2 heterocycles. The van der Waals surface area contributed by atoms with Gasteiger partial charge in [-0.15, -0.1) is 0 Å². The maximum Gasteiger partial charge on any atom is 0.164 e. The molecular weight excluding hydrogens is 266 g/mol. The van der Waals surface area contributed by atoms with Crippen LogP contribution in [-0.2, 0) is 6.54 Å². The Hall–Kier alpha value is -1.24. The van der Waals surface area contributed by atoms with Crippen molar-refractivity contribution >= 4 is 22.8 Å². The Morgan fingerprint density at radius 3 is 2.74 bits per heavy atom. The minimum Gasteiger partial charge on any atom is -0.390 e. The third kappa shape index (κ3) is 3.20. The maximum atomic E-state index is 10.1. The molecule has 0 aliphatic heterocycles. The van der Waals surface area contributed by atoms with Gasteiger partial charge >= 0.3 is 0 Å². The smallest absolute Gasteiger partial charge is 0.164 e. The molecule has 0 aromatic carbocycles. The largest absolute Gasteiger partial charge is 0.390 e. The molecule has 0 aliphatic carbocycles. The monoisotopic (exact) mass is 283 g/mol. The molecule has 6 nitrogen and oxygen atoms in total. The van der Waals surface area contributed by atoms with Crippen molar-refractivity contribution in [3.8, 4) is 0 Å². The van der Waals surface area contributed by atoms with Crippen LogP contribution in [0.3, 0.4) is 0 Å². The van der Waals surface area contributed by atoms with E-state index in [0.717, 1.165) is 13.1 Å². The molecule has 7 heteroatoms. The van der Waals surface area contributed by atoms with Gasteiger partial charge in [-0.3, -0.25) is 0 Å². The van der Waals surface area contributed by atoms with Crippen LogP contribution in [0.1, 0.15) is 13.8 Å². The third-order valence-electron chi connectivity index (χ3n) is 3.13. The van der Waals surface area contributed by atoms with Crippen LogP contribution in [0, 0.1) is 0 Å². The van der Waals surface area contributed by atoms with Crippen molar-refractivity contribution in [3.63, 3.8) is 0 Å². The number of nitrogens with zero attached hydrogens (tertiary/aromatic N) is 5. The van der Waals surface area contributed by atoms with Crippen LogP contribution < -0.4 is 0 Å². The summed E-state index contributed by atoms with van der Waals surface area (Å²) in [6.07, 6.45) is 2.57. The SMILES string of the molecule is CCN(CC)CC(O)Cn1cnc2c(Cl)ncnc21. The van der Waals surface area contributed by atoms with Gasteiger partial charge < -0.3 is 14.6 Å². The van der Waals surface area contributed by atoms with Gasteiger partial charge in [0.05, 0.1) is 19.0 Å². The summed E-state index contributed by atoms with van der Waals surface area (Å²) in [5.41, 5.74) is 1.22. The summed E-state index contributed by atoms with van der Waals surface area (Å²) in [5.74, 6) is 0. The molecule has 2 rings (SSSR count). The van der Waals surface area contributed by atoms with Gasteiger partial charge in [0.2, 0.25) is 0 Å². The van der Waals surface area contributed by atoms with E-state index in [0.29, 0.717) is 29.4 Å². The molecular formula is C12H18ClN5O. The van der Waals surface area contributed by atoms with E-state index in [1.807, 2.05) is 0 Å². The van der Waals surface area contributed by atoms with Gasteiger partial charge in [0.25, 0.3) is 0 Å². The van der Waals surface area contributed by atoms with Gasteiger partial charge in [-0.1, -0.05) is 25.4 Å². The minimum absolute atomic E-state index is 0.335. The highest BCUT2D eigenvalue weighted by molar-refractivity contribution is 6.33. The second-order valence-corrected chi connectivity index (χ2v) is 4.73. The summed E-state index contributed by atoms with van der Waals surface area (Å²) in [7, 11) is 0. The Kier molecular flexibility index (Phi) is 4.68. The Bertz CT molecular complexity index is 540. The van der Waals surface area contributed by atoms with Crippen LogP contribution in [0.2, 0.25) is 5.15 Å². The molecule has 1 unspecified atom stereocenters. The molecule has 0 spiro atoms. The van der Waals surface area contributed by atoms with Gasteiger partial charge in [0.15, 0.2) is 10.8 Å². The van der Waals surface area contributed by atoms with E-state index in [4.69, 9.17) is 11.6 Å². The molecule has 0 fully saturated rings. The van der Waals surface area contributed by atoms with Crippen molar-refractivity contribution < 1.29 is 5.11 Å². The van der Waals surface area contributed by atoms with Crippen LogP contribution in [0.4, 0.5) is 0 Å². The molecule has 0 saturated carbocycles. The molecule has 1 N–H and O–H groups in total. The maximum absolute atomic E-state index is 10.1. The molecule has 0 bridgehead atoms. The van der Waals surface area contributed by atoms with Crippen molar-refractivity contribution in [2.45, 2.75) is 26.5 Å². The van der Waals surface area contributed by atoms with Crippen molar-refractivity contribution in [2.24, 2.45) is 0 Å². The topological polar surface area (TPSA) is 67.1 Å². The lowest BCUT2D eigenvalue weighted by atomic mass is 10.3. The van der Waals surface area contributed by atoms with Crippen LogP contribution >= 0.6 is 11.6 Å². The lowest BCUT2D eigenvalue weighted by molar-refractivity contribution is 0.104. The molecule has 19 heavy (non-hydrogen) atoms. The van der Waals surface area contributed by atoms with E-state index < -0.39 is 6.10 Å². The number of hydrogen-bond donors (Lipinski definition) is 1. The van der Waals surface area contributed by atoms with Crippen LogP contribution in [0.15, 0.2) is 12.7 Å². The highest BCUT2D eigenvalue weighted by atomic mass is 35.5. The normalized spacial score (nSPS) is 13.3. The first-order valence-electron chi connectivity index (χ1n) is 6.37. The number of imidazole rings is 1. The zero-order valence-electron chi connectivity index (χ0n) is 11.1. The first kappa shape index (κ1) is 14.2. The Labute approximate surface area is 117 Å². The van der Waals surface area contributed by atoms with E-state index in [9.17, 15) is 5.11 Å². The number of fused-ring (bicyclic) bond motifs is 1. The third-order valence-corrected chi connectivity index (χ3v) is 3.40. The van der Waals surface area contributed by atoms with E-state index in [-0.39, 0.29) is 0 Å². The quantitative estimate of drug-likeness (QED) is 0.807.